The average Bonchev–Trinajstić information content (AvgIpc) is 3.50. The van der Waals surface area contributed by atoms with Crippen molar-refractivity contribution in [2.75, 3.05) is 29.9 Å². The van der Waals surface area contributed by atoms with Gasteiger partial charge in [0.05, 0.1) is 12.6 Å². The second-order valence-corrected chi connectivity index (χ2v) is 7.93. The Bertz CT molecular complexity index is 1050. The van der Waals surface area contributed by atoms with E-state index < -0.39 is 5.97 Å². The first-order chi connectivity index (χ1) is 15.6. The van der Waals surface area contributed by atoms with Crippen LogP contribution in [0.25, 0.3) is 11.3 Å². The molecule has 0 saturated carbocycles. The van der Waals surface area contributed by atoms with Crippen LogP contribution in [0.15, 0.2) is 59.1 Å². The summed E-state index contributed by atoms with van der Waals surface area (Å²) in [6.07, 6.45) is 4.48. The van der Waals surface area contributed by atoms with Crippen LogP contribution >= 0.6 is 0 Å². The third-order valence-corrected chi connectivity index (χ3v) is 5.42. The lowest BCUT2D eigenvalue weighted by Crippen LogP contribution is -2.21. The van der Waals surface area contributed by atoms with Gasteiger partial charge in [0.15, 0.2) is 18.3 Å². The van der Waals surface area contributed by atoms with Crippen molar-refractivity contribution in [2.24, 2.45) is 0 Å². The van der Waals surface area contributed by atoms with Gasteiger partial charge >= 0.3 is 5.97 Å². The van der Waals surface area contributed by atoms with E-state index in [1.165, 1.54) is 18.4 Å². The molecule has 1 amide bonds. The topological polar surface area (TPSA) is 84.7 Å². The van der Waals surface area contributed by atoms with Crippen LogP contribution in [0.3, 0.4) is 0 Å². The largest absolute Gasteiger partial charge is 0.456 e. The second-order valence-electron chi connectivity index (χ2n) is 7.93. The highest BCUT2D eigenvalue weighted by molar-refractivity contribution is 5.92. The number of carbonyl (C=O) groups is 2. The molecule has 0 radical (unpaired) electrons. The van der Waals surface area contributed by atoms with Crippen molar-refractivity contribution < 1.29 is 18.7 Å². The highest BCUT2D eigenvalue weighted by atomic mass is 16.5. The molecule has 1 aliphatic heterocycles. The third-order valence-electron chi connectivity index (χ3n) is 5.42. The lowest BCUT2D eigenvalue weighted by molar-refractivity contribution is -0.147. The number of aromatic nitrogens is 1. The maximum atomic E-state index is 12.1. The van der Waals surface area contributed by atoms with Crippen molar-refractivity contribution >= 4 is 23.3 Å². The number of hydrogen-bond acceptors (Lipinski definition) is 6. The molecular formula is C25H27N3O4. The standard InChI is InChI=1S/C25H27N3O4/c1-18-4-6-19(7-5-18)22-16-26-24(32-22)12-13-25(30)31-17-23(29)27-20-8-10-21(11-9-20)28-14-2-3-15-28/h4-11,16H,2-3,12-15,17H2,1H3,(H,27,29). The van der Waals surface area contributed by atoms with Gasteiger partial charge < -0.3 is 19.4 Å². The Morgan fingerprint density at radius 3 is 2.50 bits per heavy atom. The number of hydrogen-bond donors (Lipinski definition) is 1. The molecule has 1 aromatic heterocycles. The molecule has 7 heteroatoms. The number of carbonyl (C=O) groups excluding carboxylic acids is 2. The zero-order chi connectivity index (χ0) is 22.3. The minimum Gasteiger partial charge on any atom is -0.456 e. The number of rotatable bonds is 8. The Balaban J connectivity index is 1.18. The van der Waals surface area contributed by atoms with E-state index in [4.69, 9.17) is 9.15 Å². The second kappa shape index (κ2) is 10.1. The molecule has 1 fully saturated rings. The van der Waals surface area contributed by atoms with Crippen molar-refractivity contribution in [1.29, 1.82) is 0 Å². The number of oxazole rings is 1. The lowest BCUT2D eigenvalue weighted by atomic mass is 10.1. The van der Waals surface area contributed by atoms with Gasteiger partial charge in [0.2, 0.25) is 0 Å². The summed E-state index contributed by atoms with van der Waals surface area (Å²) >= 11 is 0. The molecule has 7 nitrogen and oxygen atoms in total. The molecule has 3 aromatic rings. The van der Waals surface area contributed by atoms with Crippen LogP contribution < -0.4 is 10.2 Å². The van der Waals surface area contributed by atoms with Crippen molar-refractivity contribution in [1.82, 2.24) is 4.98 Å². The molecule has 0 spiro atoms. The molecular weight excluding hydrogens is 406 g/mol. The van der Waals surface area contributed by atoms with Crippen LogP contribution in [0, 0.1) is 6.92 Å². The molecule has 32 heavy (non-hydrogen) atoms. The van der Waals surface area contributed by atoms with E-state index in [1.807, 2.05) is 55.5 Å². The summed E-state index contributed by atoms with van der Waals surface area (Å²) in [6, 6.07) is 15.6. The number of amides is 1. The summed E-state index contributed by atoms with van der Waals surface area (Å²) in [5.41, 5.74) is 3.93. The van der Waals surface area contributed by atoms with E-state index in [-0.39, 0.29) is 18.9 Å². The van der Waals surface area contributed by atoms with Gasteiger partial charge in [0, 0.05) is 36.4 Å². The van der Waals surface area contributed by atoms with Gasteiger partial charge in [-0.25, -0.2) is 4.98 Å². The molecule has 0 unspecified atom stereocenters. The summed E-state index contributed by atoms with van der Waals surface area (Å²) in [5.74, 6) is 0.272. The van der Waals surface area contributed by atoms with Crippen LogP contribution in [0.1, 0.15) is 30.7 Å². The fraction of sp³-hybridized carbons (Fsp3) is 0.320. The van der Waals surface area contributed by atoms with E-state index in [9.17, 15) is 9.59 Å². The Morgan fingerprint density at radius 1 is 1.06 bits per heavy atom. The number of benzene rings is 2. The number of nitrogens with zero attached hydrogens (tertiary/aromatic N) is 2. The van der Waals surface area contributed by atoms with Gasteiger partial charge in [-0.15, -0.1) is 0 Å². The van der Waals surface area contributed by atoms with E-state index >= 15 is 0 Å². The molecule has 2 aromatic carbocycles. The maximum Gasteiger partial charge on any atom is 0.306 e. The molecule has 2 heterocycles. The van der Waals surface area contributed by atoms with Gasteiger partial charge in [-0.05, 0) is 44.0 Å². The van der Waals surface area contributed by atoms with Gasteiger partial charge in [-0.1, -0.05) is 29.8 Å². The van der Waals surface area contributed by atoms with E-state index in [0.29, 0.717) is 23.8 Å². The molecule has 0 atom stereocenters. The zero-order valence-electron chi connectivity index (χ0n) is 18.2. The zero-order valence-corrected chi connectivity index (χ0v) is 18.2. The van der Waals surface area contributed by atoms with Crippen LogP contribution in [-0.2, 0) is 20.7 Å². The summed E-state index contributed by atoms with van der Waals surface area (Å²) in [7, 11) is 0. The van der Waals surface area contributed by atoms with Crippen molar-refractivity contribution in [3.8, 4) is 11.3 Å². The first kappa shape index (κ1) is 21.6. The monoisotopic (exact) mass is 433 g/mol. The third kappa shape index (κ3) is 5.75. The van der Waals surface area contributed by atoms with Crippen LogP contribution in [0.2, 0.25) is 0 Å². The first-order valence-corrected chi connectivity index (χ1v) is 10.9. The van der Waals surface area contributed by atoms with Crippen LogP contribution in [0.4, 0.5) is 11.4 Å². The molecule has 1 N–H and O–H groups in total. The summed E-state index contributed by atoms with van der Waals surface area (Å²) in [6.45, 7) is 3.84. The van der Waals surface area contributed by atoms with Gasteiger partial charge in [-0.2, -0.15) is 0 Å². The van der Waals surface area contributed by atoms with E-state index in [2.05, 4.69) is 15.2 Å². The quantitative estimate of drug-likeness (QED) is 0.531. The predicted octanol–water partition coefficient (Wildman–Crippen LogP) is 4.36. The number of anilines is 2. The molecule has 4 rings (SSSR count). The summed E-state index contributed by atoms with van der Waals surface area (Å²) in [4.78, 5) is 30.6. The smallest absolute Gasteiger partial charge is 0.306 e. The fourth-order valence-corrected chi connectivity index (χ4v) is 3.63. The molecule has 0 bridgehead atoms. The molecule has 1 saturated heterocycles. The highest BCUT2D eigenvalue weighted by Crippen LogP contribution is 2.22. The summed E-state index contributed by atoms with van der Waals surface area (Å²) < 4.78 is 10.8. The van der Waals surface area contributed by atoms with Crippen molar-refractivity contribution in [3.63, 3.8) is 0 Å². The molecule has 1 aliphatic rings. The highest BCUT2D eigenvalue weighted by Gasteiger charge is 2.13. The average molecular weight is 434 g/mol. The minimum atomic E-state index is -0.473. The SMILES string of the molecule is Cc1ccc(-c2cnc(CCC(=O)OCC(=O)Nc3ccc(N4CCCC4)cc3)o2)cc1. The maximum absolute atomic E-state index is 12.1. The van der Waals surface area contributed by atoms with E-state index in [1.54, 1.807) is 6.20 Å². The Morgan fingerprint density at radius 2 is 1.78 bits per heavy atom. The number of aryl methyl sites for hydroxylation is 2. The van der Waals surface area contributed by atoms with E-state index in [0.717, 1.165) is 24.3 Å². The van der Waals surface area contributed by atoms with Crippen LogP contribution in [0.5, 0.6) is 0 Å². The number of nitrogens with one attached hydrogen (secondary N) is 1. The predicted molar refractivity (Wildman–Crippen MR) is 122 cm³/mol. The Hall–Kier alpha value is -3.61. The lowest BCUT2D eigenvalue weighted by Gasteiger charge is -2.17. The fourth-order valence-electron chi connectivity index (χ4n) is 3.63. The summed E-state index contributed by atoms with van der Waals surface area (Å²) in [5, 5.41) is 2.75. The Labute approximate surface area is 187 Å². The van der Waals surface area contributed by atoms with Crippen LogP contribution in [-0.4, -0.2) is 36.6 Å². The van der Waals surface area contributed by atoms with Crippen molar-refractivity contribution in [2.45, 2.75) is 32.6 Å². The normalized spacial score (nSPS) is 13.2. The minimum absolute atomic E-state index is 0.0890. The Kier molecular flexibility index (Phi) is 6.84. The molecule has 166 valence electrons. The van der Waals surface area contributed by atoms with Gasteiger partial charge in [0.1, 0.15) is 0 Å². The van der Waals surface area contributed by atoms with Gasteiger partial charge in [-0.3, -0.25) is 9.59 Å². The van der Waals surface area contributed by atoms with Gasteiger partial charge in [0.25, 0.3) is 5.91 Å². The number of esters is 1. The number of ether oxygens (including phenoxy) is 1. The first-order valence-electron chi connectivity index (χ1n) is 10.9. The molecule has 0 aliphatic carbocycles. The van der Waals surface area contributed by atoms with Crippen molar-refractivity contribution in [3.05, 3.63) is 66.2 Å².